The van der Waals surface area contributed by atoms with Crippen molar-refractivity contribution in [1.29, 1.82) is 0 Å². The molecule has 1 N–H and O–H groups in total. The minimum atomic E-state index is 0.227. The maximum Gasteiger partial charge on any atom is 0.217 e. The molecule has 0 aliphatic carbocycles. The van der Waals surface area contributed by atoms with Gasteiger partial charge in [-0.3, -0.25) is 10.00 Å². The third-order valence-corrected chi connectivity index (χ3v) is 5.84. The van der Waals surface area contributed by atoms with Crippen LogP contribution in [0.2, 0.25) is 0 Å². The van der Waals surface area contributed by atoms with Crippen LogP contribution in [0.25, 0.3) is 11.4 Å². The largest absolute Gasteiger partial charge is 0.497 e. The van der Waals surface area contributed by atoms with Gasteiger partial charge in [-0.15, -0.1) is 0 Å². The first-order valence-corrected chi connectivity index (χ1v) is 10.3. The Hall–Kier alpha value is -2.84. The highest BCUT2D eigenvalue weighted by atomic mass is 32.1. The van der Waals surface area contributed by atoms with E-state index in [2.05, 4.69) is 21.0 Å². The van der Waals surface area contributed by atoms with Crippen molar-refractivity contribution in [3.63, 3.8) is 0 Å². The Balaban J connectivity index is 1.58. The molecule has 1 saturated heterocycles. The predicted octanol–water partition coefficient (Wildman–Crippen LogP) is 4.43. The molecule has 0 saturated carbocycles. The summed E-state index contributed by atoms with van der Waals surface area (Å²) in [4.78, 5) is 6.94. The van der Waals surface area contributed by atoms with Crippen LogP contribution in [0.4, 0.5) is 0 Å². The number of aromatic nitrogens is 3. The van der Waals surface area contributed by atoms with Crippen molar-refractivity contribution in [1.82, 2.24) is 19.7 Å². The van der Waals surface area contributed by atoms with Gasteiger partial charge in [0, 0.05) is 23.7 Å². The topological polar surface area (TPSA) is 64.5 Å². The van der Waals surface area contributed by atoms with Gasteiger partial charge in [-0.25, -0.2) is 4.68 Å². The Morgan fingerprint density at radius 1 is 1.03 bits per heavy atom. The smallest absolute Gasteiger partial charge is 0.217 e. The van der Waals surface area contributed by atoms with Crippen molar-refractivity contribution < 1.29 is 14.2 Å². The van der Waals surface area contributed by atoms with E-state index in [1.54, 1.807) is 21.3 Å². The highest BCUT2D eigenvalue weighted by Gasteiger charge is 2.29. The Kier molecular flexibility index (Phi) is 6.06. The number of aromatic amines is 1. The summed E-state index contributed by atoms with van der Waals surface area (Å²) in [6.07, 6.45) is 2.16. The van der Waals surface area contributed by atoms with Gasteiger partial charge in [0.25, 0.3) is 0 Å². The lowest BCUT2D eigenvalue weighted by molar-refractivity contribution is 0.187. The fourth-order valence-electron chi connectivity index (χ4n) is 3.96. The van der Waals surface area contributed by atoms with Crippen molar-refractivity contribution in [3.05, 3.63) is 52.8 Å². The van der Waals surface area contributed by atoms with Crippen molar-refractivity contribution in [3.8, 4) is 28.6 Å². The van der Waals surface area contributed by atoms with Crippen molar-refractivity contribution >= 4 is 12.2 Å². The molecule has 1 aliphatic heterocycles. The second-order valence-electron chi connectivity index (χ2n) is 7.23. The lowest BCUT2D eigenvalue weighted by Gasteiger charge is -2.26. The summed E-state index contributed by atoms with van der Waals surface area (Å²) in [5.74, 6) is 3.26. The van der Waals surface area contributed by atoms with E-state index in [4.69, 9.17) is 26.4 Å². The fourth-order valence-corrected chi connectivity index (χ4v) is 4.15. The zero-order valence-corrected chi connectivity index (χ0v) is 18.2. The summed E-state index contributed by atoms with van der Waals surface area (Å²) < 4.78 is 18.7. The van der Waals surface area contributed by atoms with E-state index in [0.29, 0.717) is 11.4 Å². The Morgan fingerprint density at radius 3 is 2.47 bits per heavy atom. The van der Waals surface area contributed by atoms with Crippen molar-refractivity contribution in [2.45, 2.75) is 25.6 Å². The van der Waals surface area contributed by atoms with Crippen LogP contribution in [0.3, 0.4) is 0 Å². The Morgan fingerprint density at radius 2 is 1.77 bits per heavy atom. The molecule has 1 aromatic heterocycles. The van der Waals surface area contributed by atoms with Crippen molar-refractivity contribution in [2.24, 2.45) is 0 Å². The summed E-state index contributed by atoms with van der Waals surface area (Å²) in [7, 11) is 5.04. The SMILES string of the molecule is COc1ccc(-c2nc(=S)n(CN3CCCC3c3cc(OC)ccc3OC)[nH]2)cc1. The number of ether oxygens (including phenoxy) is 3. The average molecular weight is 427 g/mol. The minimum absolute atomic E-state index is 0.227. The molecule has 1 aliphatic rings. The second kappa shape index (κ2) is 8.89. The maximum absolute atomic E-state index is 5.62. The normalized spacial score (nSPS) is 16.6. The van der Waals surface area contributed by atoms with Crippen LogP contribution in [-0.4, -0.2) is 47.5 Å². The molecule has 0 amide bonds. The highest BCUT2D eigenvalue weighted by Crippen LogP contribution is 2.39. The molecule has 0 bridgehead atoms. The third-order valence-electron chi connectivity index (χ3n) is 5.53. The van der Waals surface area contributed by atoms with Gasteiger partial charge < -0.3 is 14.2 Å². The molecule has 2 aromatic carbocycles. The van der Waals surface area contributed by atoms with Crippen LogP contribution in [0.5, 0.6) is 17.2 Å². The number of hydrogen-bond donors (Lipinski definition) is 1. The molecule has 1 atom stereocenters. The first-order chi connectivity index (χ1) is 14.6. The van der Waals surface area contributed by atoms with E-state index in [1.807, 2.05) is 41.1 Å². The van der Waals surface area contributed by atoms with E-state index in [-0.39, 0.29) is 6.04 Å². The van der Waals surface area contributed by atoms with Crippen LogP contribution in [-0.2, 0) is 6.67 Å². The van der Waals surface area contributed by atoms with Gasteiger partial charge >= 0.3 is 0 Å². The van der Waals surface area contributed by atoms with E-state index < -0.39 is 0 Å². The highest BCUT2D eigenvalue weighted by molar-refractivity contribution is 7.71. The standard InChI is InChI=1S/C22H26N4O3S/c1-27-16-8-6-15(7-9-16)21-23-22(30)26(24-21)14-25-12-4-5-19(25)18-13-17(28-2)10-11-20(18)29-3/h6-11,13,19H,4-5,12,14H2,1-3H3,(H,23,24,30). The number of H-pyrrole nitrogens is 1. The molecule has 8 heteroatoms. The van der Waals surface area contributed by atoms with Crippen LogP contribution in [0.1, 0.15) is 24.4 Å². The minimum Gasteiger partial charge on any atom is -0.497 e. The number of nitrogens with one attached hydrogen (secondary N) is 1. The van der Waals surface area contributed by atoms with Crippen LogP contribution in [0, 0.1) is 4.77 Å². The van der Waals surface area contributed by atoms with Crippen LogP contribution >= 0.6 is 12.2 Å². The first kappa shape index (κ1) is 20.4. The predicted molar refractivity (Wildman–Crippen MR) is 118 cm³/mol. The molecule has 3 aromatic rings. The van der Waals surface area contributed by atoms with Gasteiger partial charge in [0.15, 0.2) is 5.82 Å². The van der Waals surface area contributed by atoms with E-state index in [0.717, 1.165) is 53.6 Å². The lowest BCUT2D eigenvalue weighted by Crippen LogP contribution is -2.27. The van der Waals surface area contributed by atoms with E-state index in [9.17, 15) is 0 Å². The summed E-state index contributed by atoms with van der Waals surface area (Å²) in [5, 5.41) is 3.35. The Bertz CT molecular complexity index is 1060. The first-order valence-electron chi connectivity index (χ1n) is 9.90. The molecule has 158 valence electrons. The zero-order chi connectivity index (χ0) is 21.1. The molecule has 1 unspecified atom stereocenters. The van der Waals surface area contributed by atoms with Gasteiger partial charge in [0.2, 0.25) is 4.77 Å². The molecular weight excluding hydrogens is 400 g/mol. The number of hydrogen-bond acceptors (Lipinski definition) is 6. The van der Waals surface area contributed by atoms with E-state index >= 15 is 0 Å². The summed E-state index contributed by atoms with van der Waals surface area (Å²) in [6, 6.07) is 13.9. The number of benzene rings is 2. The maximum atomic E-state index is 5.62. The quantitative estimate of drug-likeness (QED) is 0.564. The van der Waals surface area contributed by atoms with E-state index in [1.165, 1.54) is 0 Å². The third kappa shape index (κ3) is 4.06. The van der Waals surface area contributed by atoms with Crippen LogP contribution < -0.4 is 14.2 Å². The molecule has 7 nitrogen and oxygen atoms in total. The number of methoxy groups -OCH3 is 3. The lowest BCUT2D eigenvalue weighted by atomic mass is 10.0. The summed E-state index contributed by atoms with van der Waals surface area (Å²) >= 11 is 5.52. The molecule has 2 heterocycles. The number of rotatable bonds is 7. The zero-order valence-electron chi connectivity index (χ0n) is 17.4. The van der Waals surface area contributed by atoms with Gasteiger partial charge in [0.05, 0.1) is 28.0 Å². The molecule has 30 heavy (non-hydrogen) atoms. The van der Waals surface area contributed by atoms with Crippen molar-refractivity contribution in [2.75, 3.05) is 27.9 Å². The van der Waals surface area contributed by atoms with Gasteiger partial charge in [-0.2, -0.15) is 4.98 Å². The summed E-state index contributed by atoms with van der Waals surface area (Å²) in [6.45, 7) is 1.61. The number of nitrogens with zero attached hydrogens (tertiary/aromatic N) is 3. The van der Waals surface area contributed by atoms with Gasteiger partial charge in [-0.1, -0.05) is 0 Å². The molecule has 1 fully saturated rings. The molecule has 4 rings (SSSR count). The Labute approximate surface area is 181 Å². The van der Waals surface area contributed by atoms with Crippen LogP contribution in [0.15, 0.2) is 42.5 Å². The van der Waals surface area contributed by atoms with Gasteiger partial charge in [-0.05, 0) is 67.5 Å². The van der Waals surface area contributed by atoms with Gasteiger partial charge in [0.1, 0.15) is 17.2 Å². The summed E-state index contributed by atoms with van der Waals surface area (Å²) in [5.41, 5.74) is 2.10. The molecular formula is C22H26N4O3S. The number of likely N-dealkylation sites (tertiary alicyclic amines) is 1. The monoisotopic (exact) mass is 426 g/mol. The molecule has 0 radical (unpaired) electrons. The fraction of sp³-hybridized carbons (Fsp3) is 0.364. The second-order valence-corrected chi connectivity index (χ2v) is 7.60. The average Bonchev–Trinajstić information content (AvgIpc) is 3.40. The molecule has 0 spiro atoms.